The Hall–Kier alpha value is -7.94. The van der Waals surface area contributed by atoms with Gasteiger partial charge in [0.15, 0.2) is 0 Å². The van der Waals surface area contributed by atoms with E-state index >= 15 is 0 Å². The lowest BCUT2D eigenvalue weighted by Crippen LogP contribution is -2.10. The van der Waals surface area contributed by atoms with E-state index < -0.39 is 0 Å². The van der Waals surface area contributed by atoms with E-state index in [2.05, 4.69) is 217 Å². The highest BCUT2D eigenvalue weighted by atomic mass is 16.3. The minimum atomic E-state index is 0.871. The van der Waals surface area contributed by atoms with E-state index in [4.69, 9.17) is 4.42 Å². The van der Waals surface area contributed by atoms with Gasteiger partial charge in [-0.2, -0.15) is 0 Å². The van der Waals surface area contributed by atoms with E-state index in [1.165, 1.54) is 76.5 Å². The molecule has 0 aliphatic carbocycles. The predicted octanol–water partition coefficient (Wildman–Crippen LogP) is 16.7. The van der Waals surface area contributed by atoms with E-state index in [-0.39, 0.29) is 0 Å². The smallest absolute Gasteiger partial charge is 0.137 e. The molecule has 0 atom stereocenters. The summed E-state index contributed by atoms with van der Waals surface area (Å²) in [6.07, 6.45) is 0. The van der Waals surface area contributed by atoms with Gasteiger partial charge < -0.3 is 9.32 Å². The minimum Gasteiger partial charge on any atom is -0.456 e. The molecule has 0 bridgehead atoms. The molecule has 12 aromatic rings. The van der Waals surface area contributed by atoms with Crippen LogP contribution in [0.2, 0.25) is 0 Å². The Bertz CT molecular complexity index is 3590. The topological polar surface area (TPSA) is 16.4 Å². The maximum absolute atomic E-state index is 6.39. The normalized spacial score (nSPS) is 11.7. The van der Waals surface area contributed by atoms with Crippen molar-refractivity contribution in [3.05, 3.63) is 224 Å². The second-order valence-electron chi connectivity index (χ2n) is 15.7. The van der Waals surface area contributed by atoms with Gasteiger partial charge in [0.1, 0.15) is 11.2 Å². The molecule has 0 N–H and O–H groups in total. The Labute approximate surface area is 347 Å². The molecule has 0 unspecified atom stereocenters. The Morgan fingerprint density at radius 2 is 0.833 bits per heavy atom. The van der Waals surface area contributed by atoms with Crippen molar-refractivity contribution in [1.82, 2.24) is 0 Å². The second kappa shape index (κ2) is 13.9. The second-order valence-corrected chi connectivity index (χ2v) is 15.7. The van der Waals surface area contributed by atoms with Crippen LogP contribution >= 0.6 is 0 Å². The molecule has 280 valence electrons. The summed E-state index contributed by atoms with van der Waals surface area (Å²) >= 11 is 0. The zero-order valence-corrected chi connectivity index (χ0v) is 32.7. The van der Waals surface area contributed by atoms with Crippen LogP contribution in [0.1, 0.15) is 0 Å². The third-order valence-corrected chi connectivity index (χ3v) is 12.2. The summed E-state index contributed by atoms with van der Waals surface area (Å²) in [6, 6.07) is 81.3. The Balaban J connectivity index is 0.930. The van der Waals surface area contributed by atoms with Crippen LogP contribution in [0.25, 0.3) is 98.4 Å². The van der Waals surface area contributed by atoms with Gasteiger partial charge in [0.05, 0.1) is 11.1 Å². The first-order valence-corrected chi connectivity index (χ1v) is 20.6. The quantitative estimate of drug-likeness (QED) is 0.157. The number of anilines is 3. The Morgan fingerprint density at radius 3 is 1.62 bits per heavy atom. The molecule has 0 saturated carbocycles. The van der Waals surface area contributed by atoms with Gasteiger partial charge in [0.25, 0.3) is 0 Å². The molecule has 0 aliphatic rings. The highest BCUT2D eigenvalue weighted by Crippen LogP contribution is 2.44. The number of hydrogen-bond donors (Lipinski definition) is 0. The number of benzene rings is 11. The maximum Gasteiger partial charge on any atom is 0.137 e. The molecule has 11 aromatic carbocycles. The largest absolute Gasteiger partial charge is 0.456 e. The average Bonchev–Trinajstić information content (AvgIpc) is 3.71. The van der Waals surface area contributed by atoms with Crippen molar-refractivity contribution in [2.45, 2.75) is 0 Å². The lowest BCUT2D eigenvalue weighted by molar-refractivity contribution is 0.669. The third kappa shape index (κ3) is 5.65. The summed E-state index contributed by atoms with van der Waals surface area (Å²) in [5.41, 5.74) is 12.2. The molecule has 2 nitrogen and oxygen atoms in total. The molecule has 12 rings (SSSR count). The van der Waals surface area contributed by atoms with Crippen LogP contribution in [-0.2, 0) is 0 Å². The van der Waals surface area contributed by atoms with Crippen molar-refractivity contribution in [2.75, 3.05) is 4.90 Å². The SMILES string of the molecule is c1ccc2c(-c3ccc(N(c4ccc(-c5ccc6cc(-c7cc8ccccc8c8ccccc78)ccc6c5)cc4)c4cccc5oc6ccccc6c45)cc3)cccc2c1. The molecule has 0 fully saturated rings. The summed E-state index contributed by atoms with van der Waals surface area (Å²) in [6.45, 7) is 0. The molecular weight excluding hydrogens is 727 g/mol. The highest BCUT2D eigenvalue weighted by molar-refractivity contribution is 6.15. The zero-order valence-electron chi connectivity index (χ0n) is 32.7. The van der Waals surface area contributed by atoms with Crippen LogP contribution in [0, 0.1) is 0 Å². The molecule has 1 heterocycles. The van der Waals surface area contributed by atoms with Gasteiger partial charge in [-0.25, -0.2) is 0 Å². The summed E-state index contributed by atoms with van der Waals surface area (Å²) in [5.74, 6) is 0. The van der Waals surface area contributed by atoms with Crippen molar-refractivity contribution in [2.24, 2.45) is 0 Å². The van der Waals surface area contributed by atoms with E-state index in [1.54, 1.807) is 0 Å². The molecular formula is C58H37NO. The zero-order chi connectivity index (χ0) is 39.6. The van der Waals surface area contributed by atoms with Gasteiger partial charge in [-0.1, -0.05) is 164 Å². The minimum absolute atomic E-state index is 0.871. The van der Waals surface area contributed by atoms with Gasteiger partial charge in [-0.05, 0) is 137 Å². The van der Waals surface area contributed by atoms with Gasteiger partial charge in [-0.15, -0.1) is 0 Å². The molecule has 2 heteroatoms. The summed E-state index contributed by atoms with van der Waals surface area (Å²) in [5, 5.41) is 12.3. The molecule has 0 radical (unpaired) electrons. The summed E-state index contributed by atoms with van der Waals surface area (Å²) in [7, 11) is 0. The lowest BCUT2D eigenvalue weighted by Gasteiger charge is -2.26. The number of para-hydroxylation sites is 1. The average molecular weight is 764 g/mol. The van der Waals surface area contributed by atoms with Crippen LogP contribution in [0.15, 0.2) is 229 Å². The first-order chi connectivity index (χ1) is 29.7. The van der Waals surface area contributed by atoms with E-state index in [9.17, 15) is 0 Å². The number of furan rings is 1. The van der Waals surface area contributed by atoms with Crippen LogP contribution in [0.4, 0.5) is 17.1 Å². The number of hydrogen-bond acceptors (Lipinski definition) is 2. The van der Waals surface area contributed by atoms with E-state index in [1.807, 2.05) is 12.1 Å². The molecule has 0 saturated heterocycles. The third-order valence-electron chi connectivity index (χ3n) is 12.2. The fourth-order valence-corrected chi connectivity index (χ4v) is 9.33. The van der Waals surface area contributed by atoms with Gasteiger partial charge in [0, 0.05) is 16.8 Å². The van der Waals surface area contributed by atoms with Crippen LogP contribution < -0.4 is 4.90 Å². The van der Waals surface area contributed by atoms with Crippen molar-refractivity contribution >= 4 is 82.1 Å². The van der Waals surface area contributed by atoms with E-state index in [0.29, 0.717) is 0 Å². The first kappa shape index (κ1) is 34.1. The Kier molecular flexibility index (Phi) is 7.89. The van der Waals surface area contributed by atoms with Crippen molar-refractivity contribution < 1.29 is 4.42 Å². The van der Waals surface area contributed by atoms with E-state index in [0.717, 1.165) is 39.0 Å². The highest BCUT2D eigenvalue weighted by Gasteiger charge is 2.20. The van der Waals surface area contributed by atoms with Crippen LogP contribution in [0.5, 0.6) is 0 Å². The number of fused-ring (bicyclic) bond motifs is 8. The molecule has 0 aliphatic heterocycles. The molecule has 1 aromatic heterocycles. The van der Waals surface area contributed by atoms with Crippen LogP contribution in [-0.4, -0.2) is 0 Å². The number of rotatable bonds is 6. The van der Waals surface area contributed by atoms with Crippen molar-refractivity contribution in [3.8, 4) is 33.4 Å². The van der Waals surface area contributed by atoms with Crippen LogP contribution in [0.3, 0.4) is 0 Å². The van der Waals surface area contributed by atoms with Gasteiger partial charge in [-0.3, -0.25) is 0 Å². The Morgan fingerprint density at radius 1 is 0.283 bits per heavy atom. The van der Waals surface area contributed by atoms with Crippen molar-refractivity contribution in [1.29, 1.82) is 0 Å². The maximum atomic E-state index is 6.39. The first-order valence-electron chi connectivity index (χ1n) is 20.6. The predicted molar refractivity (Wildman–Crippen MR) is 255 cm³/mol. The molecule has 0 amide bonds. The lowest BCUT2D eigenvalue weighted by atomic mass is 9.92. The molecule has 0 spiro atoms. The number of nitrogens with zero attached hydrogens (tertiary/aromatic N) is 1. The van der Waals surface area contributed by atoms with Gasteiger partial charge >= 0.3 is 0 Å². The summed E-state index contributed by atoms with van der Waals surface area (Å²) < 4.78 is 6.39. The molecule has 60 heavy (non-hydrogen) atoms. The van der Waals surface area contributed by atoms with Gasteiger partial charge in [0.2, 0.25) is 0 Å². The summed E-state index contributed by atoms with van der Waals surface area (Å²) in [4.78, 5) is 2.36. The fourth-order valence-electron chi connectivity index (χ4n) is 9.33. The monoisotopic (exact) mass is 763 g/mol. The fraction of sp³-hybridized carbons (Fsp3) is 0. The standard InChI is InChI=1S/C58H37NO/c1-3-14-48-39(11-1)13-9-19-49(48)40-29-33-47(34-30-40)59(55-20-10-22-57-58(55)53-18-7-8-21-56(53)60-57)46-31-27-38(28-32-46)41-23-24-43-36-45(26-25-42(43)35-41)54-37-44-12-2-4-15-50(44)51-16-5-6-17-52(51)54/h1-37H. The van der Waals surface area contributed by atoms with Crippen molar-refractivity contribution in [3.63, 3.8) is 0 Å².